The van der Waals surface area contributed by atoms with Gasteiger partial charge in [0.1, 0.15) is 0 Å². The number of rotatable bonds is 4. The summed E-state index contributed by atoms with van der Waals surface area (Å²) in [7, 11) is 0. The highest BCUT2D eigenvalue weighted by Crippen LogP contribution is 2.24. The van der Waals surface area contributed by atoms with E-state index in [2.05, 4.69) is 10.3 Å². The van der Waals surface area contributed by atoms with Crippen LogP contribution < -0.4 is 5.32 Å². The number of carbonyl (C=O) groups is 2. The lowest BCUT2D eigenvalue weighted by atomic mass is 10.1. The number of para-hydroxylation sites is 1. The second kappa shape index (κ2) is 8.27. The summed E-state index contributed by atoms with van der Waals surface area (Å²) in [6.45, 7) is 4.20. The fraction of sp³-hybridized carbons (Fsp3) is 0.273. The number of amides is 2. The topological polar surface area (TPSA) is 74.4 Å². The first-order valence-electron chi connectivity index (χ1n) is 9.55. The van der Waals surface area contributed by atoms with Gasteiger partial charge in [0.2, 0.25) is 5.91 Å². The highest BCUT2D eigenvalue weighted by molar-refractivity contribution is 6.34. The van der Waals surface area contributed by atoms with Crippen molar-refractivity contribution in [2.75, 3.05) is 31.6 Å². The number of morpholine rings is 1. The van der Waals surface area contributed by atoms with Crippen LogP contribution in [-0.4, -0.2) is 48.0 Å². The number of anilines is 1. The summed E-state index contributed by atoms with van der Waals surface area (Å²) < 4.78 is 5.28. The Labute approximate surface area is 173 Å². The molecule has 2 heterocycles. The molecule has 0 atom stereocenters. The molecule has 6 nitrogen and oxygen atoms in total. The van der Waals surface area contributed by atoms with E-state index in [1.54, 1.807) is 23.1 Å². The predicted octanol–water partition coefficient (Wildman–Crippen LogP) is 3.78. The number of aromatic nitrogens is 1. The molecule has 1 saturated heterocycles. The van der Waals surface area contributed by atoms with Crippen molar-refractivity contribution in [3.05, 3.63) is 64.3 Å². The van der Waals surface area contributed by atoms with E-state index < -0.39 is 0 Å². The molecular formula is C22H22ClN3O3. The predicted molar refractivity (Wildman–Crippen MR) is 114 cm³/mol. The second-order valence-electron chi connectivity index (χ2n) is 7.14. The molecule has 150 valence electrons. The summed E-state index contributed by atoms with van der Waals surface area (Å²) in [6.07, 6.45) is 2.11. The van der Waals surface area contributed by atoms with E-state index in [4.69, 9.17) is 16.3 Å². The minimum Gasteiger partial charge on any atom is -0.378 e. The highest BCUT2D eigenvalue weighted by Gasteiger charge is 2.21. The molecule has 0 spiro atoms. The molecule has 29 heavy (non-hydrogen) atoms. The van der Waals surface area contributed by atoms with Crippen LogP contribution in [0.4, 0.5) is 5.69 Å². The van der Waals surface area contributed by atoms with Gasteiger partial charge in [-0.25, -0.2) is 0 Å². The number of carbonyl (C=O) groups excluding carboxylic acids is 2. The van der Waals surface area contributed by atoms with Gasteiger partial charge in [-0.3, -0.25) is 9.59 Å². The normalized spacial score (nSPS) is 14.2. The van der Waals surface area contributed by atoms with Crippen molar-refractivity contribution in [1.29, 1.82) is 0 Å². The summed E-state index contributed by atoms with van der Waals surface area (Å²) in [5.41, 5.74) is 4.12. The molecule has 0 unspecified atom stereocenters. The molecule has 0 radical (unpaired) electrons. The third-order valence-corrected chi connectivity index (χ3v) is 5.45. The van der Waals surface area contributed by atoms with Gasteiger partial charge in [-0.2, -0.15) is 0 Å². The molecule has 1 aliphatic rings. The zero-order chi connectivity index (χ0) is 20.4. The van der Waals surface area contributed by atoms with E-state index >= 15 is 0 Å². The third kappa shape index (κ3) is 4.13. The van der Waals surface area contributed by atoms with Gasteiger partial charge in [0.05, 0.1) is 30.2 Å². The Hall–Kier alpha value is -2.83. The quantitative estimate of drug-likeness (QED) is 0.686. The van der Waals surface area contributed by atoms with Gasteiger partial charge in [0.25, 0.3) is 5.91 Å². The number of aryl methyl sites for hydroxylation is 1. The Balaban J connectivity index is 1.45. The maximum atomic E-state index is 12.6. The highest BCUT2D eigenvalue weighted by atomic mass is 35.5. The van der Waals surface area contributed by atoms with Crippen molar-refractivity contribution < 1.29 is 14.3 Å². The summed E-state index contributed by atoms with van der Waals surface area (Å²) in [5, 5.41) is 4.23. The van der Waals surface area contributed by atoms with Gasteiger partial charge in [-0.15, -0.1) is 0 Å². The first kappa shape index (κ1) is 19.5. The van der Waals surface area contributed by atoms with E-state index in [9.17, 15) is 9.59 Å². The average Bonchev–Trinajstić information content (AvgIpc) is 3.12. The smallest absolute Gasteiger partial charge is 0.255 e. The third-order valence-electron chi connectivity index (χ3n) is 5.14. The standard InChI is InChI=1S/C22H22ClN3O3/c1-14-3-2-4-17-15(13-24-21(14)17)11-20(27)25-16-5-6-18(19(23)12-16)22(28)26-7-9-29-10-8-26/h2-6,12-13,24H,7-11H2,1H3,(H,25,27). The summed E-state index contributed by atoms with van der Waals surface area (Å²) in [6, 6.07) is 11.0. The molecule has 2 N–H and O–H groups in total. The number of fused-ring (bicyclic) bond motifs is 1. The number of hydrogen-bond acceptors (Lipinski definition) is 3. The molecule has 1 aliphatic heterocycles. The number of ether oxygens (including phenoxy) is 1. The number of halogens is 1. The molecule has 1 aromatic heterocycles. The van der Waals surface area contributed by atoms with Crippen LogP contribution in [-0.2, 0) is 16.0 Å². The molecule has 3 aromatic rings. The summed E-state index contributed by atoms with van der Waals surface area (Å²) in [4.78, 5) is 30.1. The molecule has 2 aromatic carbocycles. The zero-order valence-corrected chi connectivity index (χ0v) is 16.9. The van der Waals surface area contributed by atoms with Crippen molar-refractivity contribution >= 4 is 40.0 Å². The lowest BCUT2D eigenvalue weighted by Gasteiger charge is -2.27. The maximum Gasteiger partial charge on any atom is 0.255 e. The first-order chi connectivity index (χ1) is 14.0. The van der Waals surface area contributed by atoms with Crippen LogP contribution in [0.1, 0.15) is 21.5 Å². The van der Waals surface area contributed by atoms with Crippen molar-refractivity contribution in [2.45, 2.75) is 13.3 Å². The Morgan fingerprint density at radius 1 is 1.21 bits per heavy atom. The molecule has 0 saturated carbocycles. The van der Waals surface area contributed by atoms with E-state index in [0.29, 0.717) is 42.6 Å². The first-order valence-corrected chi connectivity index (χ1v) is 9.93. The SMILES string of the molecule is Cc1cccc2c(CC(=O)Nc3ccc(C(=O)N4CCOCC4)c(Cl)c3)c[nH]c12. The lowest BCUT2D eigenvalue weighted by Crippen LogP contribution is -2.40. The Bertz CT molecular complexity index is 1070. The minimum atomic E-state index is -0.143. The van der Waals surface area contributed by atoms with E-state index in [-0.39, 0.29) is 18.2 Å². The van der Waals surface area contributed by atoms with E-state index in [0.717, 1.165) is 22.0 Å². The Morgan fingerprint density at radius 3 is 2.76 bits per heavy atom. The van der Waals surface area contributed by atoms with Crippen LogP contribution in [0, 0.1) is 6.92 Å². The van der Waals surface area contributed by atoms with Crippen LogP contribution >= 0.6 is 11.6 Å². The molecule has 4 rings (SSSR count). The van der Waals surface area contributed by atoms with Crippen molar-refractivity contribution in [1.82, 2.24) is 9.88 Å². The largest absolute Gasteiger partial charge is 0.378 e. The summed E-state index contributed by atoms with van der Waals surface area (Å²) >= 11 is 6.33. The zero-order valence-electron chi connectivity index (χ0n) is 16.1. The van der Waals surface area contributed by atoms with E-state index in [1.165, 1.54) is 0 Å². The van der Waals surface area contributed by atoms with Crippen LogP contribution in [0.25, 0.3) is 10.9 Å². The fourth-order valence-corrected chi connectivity index (χ4v) is 3.85. The van der Waals surface area contributed by atoms with E-state index in [1.807, 2.05) is 31.3 Å². The maximum absolute atomic E-state index is 12.6. The van der Waals surface area contributed by atoms with Gasteiger partial charge in [-0.1, -0.05) is 29.8 Å². The minimum absolute atomic E-state index is 0.120. The van der Waals surface area contributed by atoms with Crippen LogP contribution in [0.5, 0.6) is 0 Å². The molecule has 1 fully saturated rings. The van der Waals surface area contributed by atoms with Crippen LogP contribution in [0.3, 0.4) is 0 Å². The second-order valence-corrected chi connectivity index (χ2v) is 7.54. The Kier molecular flexibility index (Phi) is 5.56. The number of nitrogens with zero attached hydrogens (tertiary/aromatic N) is 1. The van der Waals surface area contributed by atoms with Crippen molar-refractivity contribution in [2.24, 2.45) is 0 Å². The van der Waals surface area contributed by atoms with Crippen molar-refractivity contribution in [3.63, 3.8) is 0 Å². The number of nitrogens with one attached hydrogen (secondary N) is 2. The Morgan fingerprint density at radius 2 is 2.00 bits per heavy atom. The molecule has 0 bridgehead atoms. The summed E-state index contributed by atoms with van der Waals surface area (Å²) in [5.74, 6) is -0.263. The van der Waals surface area contributed by atoms with Gasteiger partial charge in [0, 0.05) is 35.9 Å². The van der Waals surface area contributed by atoms with Crippen molar-refractivity contribution in [3.8, 4) is 0 Å². The van der Waals surface area contributed by atoms with Crippen LogP contribution in [0.15, 0.2) is 42.6 Å². The van der Waals surface area contributed by atoms with Gasteiger partial charge in [0.15, 0.2) is 0 Å². The van der Waals surface area contributed by atoms with Gasteiger partial charge in [-0.05, 0) is 36.2 Å². The number of aromatic amines is 1. The molecule has 0 aliphatic carbocycles. The number of benzene rings is 2. The van der Waals surface area contributed by atoms with Crippen LogP contribution in [0.2, 0.25) is 5.02 Å². The molecule has 2 amide bonds. The molecular weight excluding hydrogens is 390 g/mol. The van der Waals surface area contributed by atoms with Gasteiger partial charge >= 0.3 is 0 Å². The molecule has 7 heteroatoms. The number of hydrogen-bond donors (Lipinski definition) is 2. The van der Waals surface area contributed by atoms with Gasteiger partial charge < -0.3 is 19.9 Å². The average molecular weight is 412 g/mol. The fourth-order valence-electron chi connectivity index (χ4n) is 3.59. The number of H-pyrrole nitrogens is 1. The lowest BCUT2D eigenvalue weighted by molar-refractivity contribution is -0.115. The monoisotopic (exact) mass is 411 g/mol.